The van der Waals surface area contributed by atoms with E-state index < -0.39 is 17.6 Å². The molecule has 1 aromatic heterocycles. The van der Waals surface area contributed by atoms with Crippen molar-refractivity contribution in [3.63, 3.8) is 0 Å². The van der Waals surface area contributed by atoms with Gasteiger partial charge in [-0.05, 0) is 86.0 Å². The van der Waals surface area contributed by atoms with Crippen LogP contribution in [0.1, 0.15) is 55.6 Å². The molecule has 2 aliphatic carbocycles. The zero-order valence-electron chi connectivity index (χ0n) is 20.2. The first-order valence-corrected chi connectivity index (χ1v) is 13.1. The van der Waals surface area contributed by atoms with Gasteiger partial charge in [-0.15, -0.1) is 10.2 Å². The lowest BCUT2D eigenvalue weighted by Crippen LogP contribution is -2.32. The summed E-state index contributed by atoms with van der Waals surface area (Å²) in [6.45, 7) is 4.80. The predicted octanol–water partition coefficient (Wildman–Crippen LogP) is 5.73. The fourth-order valence-electron chi connectivity index (χ4n) is 6.41. The van der Waals surface area contributed by atoms with Crippen molar-refractivity contribution in [2.24, 2.45) is 17.8 Å². The Hall–Kier alpha value is -2.26. The molecule has 4 fully saturated rings. The van der Waals surface area contributed by atoms with Crippen molar-refractivity contribution >= 4 is 5.82 Å². The molecule has 3 heterocycles. The van der Waals surface area contributed by atoms with Gasteiger partial charge in [0, 0.05) is 44.5 Å². The summed E-state index contributed by atoms with van der Waals surface area (Å²) in [6.07, 6.45) is 1.29. The van der Waals surface area contributed by atoms with Crippen molar-refractivity contribution in [3.05, 3.63) is 41.2 Å². The van der Waals surface area contributed by atoms with E-state index in [2.05, 4.69) is 20.4 Å². The summed E-state index contributed by atoms with van der Waals surface area (Å²) in [7, 11) is 0. The van der Waals surface area contributed by atoms with Crippen LogP contribution in [0.2, 0.25) is 0 Å². The lowest BCUT2D eigenvalue weighted by molar-refractivity contribution is -0.137. The van der Waals surface area contributed by atoms with Crippen molar-refractivity contribution < 1.29 is 22.3 Å². The maximum atomic E-state index is 14.5. The van der Waals surface area contributed by atoms with Gasteiger partial charge in [-0.25, -0.2) is 4.39 Å². The number of halogens is 4. The Morgan fingerprint density at radius 3 is 2.36 bits per heavy atom. The Labute approximate surface area is 208 Å². The molecule has 0 bridgehead atoms. The van der Waals surface area contributed by atoms with Gasteiger partial charge < -0.3 is 15.0 Å². The quantitative estimate of drug-likeness (QED) is 0.510. The Balaban J connectivity index is 1.14. The van der Waals surface area contributed by atoms with E-state index in [9.17, 15) is 17.6 Å². The van der Waals surface area contributed by atoms with Crippen LogP contribution in [-0.4, -0.2) is 54.0 Å². The molecule has 0 radical (unpaired) electrons. The Bertz CT molecular complexity index is 1090. The summed E-state index contributed by atoms with van der Waals surface area (Å²) in [4.78, 5) is 2.53. The minimum Gasteiger partial charge on any atom is -0.381 e. The molecule has 0 spiro atoms. The lowest BCUT2D eigenvalue weighted by atomic mass is 10.00. The third-order valence-corrected chi connectivity index (χ3v) is 8.44. The molecular weight excluding hydrogens is 472 g/mol. The molecule has 194 valence electrons. The molecule has 2 aliphatic heterocycles. The summed E-state index contributed by atoms with van der Waals surface area (Å²) in [5.41, 5.74) is 0.0399. The number of fused-ring (bicyclic) bond motifs is 1. The monoisotopic (exact) mass is 504 g/mol. The van der Waals surface area contributed by atoms with Crippen LogP contribution in [0.4, 0.5) is 23.4 Å². The first kappa shape index (κ1) is 24.1. The second-order valence-electron chi connectivity index (χ2n) is 11.1. The fraction of sp³-hybridized carbons (Fsp3) is 0.630. The second kappa shape index (κ2) is 9.56. The molecule has 1 N–H and O–H groups in total. The zero-order chi connectivity index (χ0) is 24.9. The van der Waals surface area contributed by atoms with Crippen LogP contribution in [0.25, 0.3) is 11.3 Å². The molecule has 5 nitrogen and oxygen atoms in total. The first-order valence-electron chi connectivity index (χ1n) is 13.1. The van der Waals surface area contributed by atoms with Crippen LogP contribution >= 0.6 is 0 Å². The van der Waals surface area contributed by atoms with Gasteiger partial charge >= 0.3 is 6.18 Å². The second-order valence-corrected chi connectivity index (χ2v) is 11.1. The maximum Gasteiger partial charge on any atom is 0.420 e. The van der Waals surface area contributed by atoms with E-state index in [0.29, 0.717) is 23.7 Å². The number of hydrogen-bond acceptors (Lipinski definition) is 5. The molecule has 2 saturated heterocycles. The number of hydrogen-bond donors (Lipinski definition) is 1. The van der Waals surface area contributed by atoms with Crippen LogP contribution in [-0.2, 0) is 10.9 Å². The van der Waals surface area contributed by atoms with E-state index in [4.69, 9.17) is 4.74 Å². The van der Waals surface area contributed by atoms with Crippen LogP contribution in [0.5, 0.6) is 0 Å². The largest absolute Gasteiger partial charge is 0.420 e. The van der Waals surface area contributed by atoms with Crippen molar-refractivity contribution in [2.75, 3.05) is 38.2 Å². The van der Waals surface area contributed by atoms with Crippen LogP contribution in [0.15, 0.2) is 24.3 Å². The molecule has 0 unspecified atom stereocenters. The van der Waals surface area contributed by atoms with Gasteiger partial charge in [-0.2, -0.15) is 13.2 Å². The topological polar surface area (TPSA) is 50.3 Å². The van der Waals surface area contributed by atoms with Crippen LogP contribution in [0, 0.1) is 23.6 Å². The van der Waals surface area contributed by atoms with Gasteiger partial charge in [0.05, 0.1) is 5.69 Å². The smallest absolute Gasteiger partial charge is 0.381 e. The standard InChI is InChI=1S/C27H32F4N4O/c28-24-4-3-18(17-1-2-17)11-22(24)25-12-23(27(29,30)31)26(34-33-25)32-21-9-19-14-35(15-20(19)10-21)13-16-5-7-36-8-6-16/h3-4,11-12,16-17,19-21H,1-2,5-10,13-15H2,(H,32,34)/t19-,20-/m1/s1. The number of nitrogens with one attached hydrogen (secondary N) is 1. The summed E-state index contributed by atoms with van der Waals surface area (Å²) < 4.78 is 62.1. The van der Waals surface area contributed by atoms with Gasteiger partial charge in [0.25, 0.3) is 0 Å². The Kier molecular flexibility index (Phi) is 6.40. The van der Waals surface area contributed by atoms with E-state index in [1.165, 1.54) is 6.07 Å². The lowest BCUT2D eigenvalue weighted by Gasteiger charge is -2.28. The summed E-state index contributed by atoms with van der Waals surface area (Å²) in [6, 6.07) is 5.50. The van der Waals surface area contributed by atoms with Gasteiger partial charge in [-0.1, -0.05) is 6.07 Å². The van der Waals surface area contributed by atoms with E-state index in [-0.39, 0.29) is 23.1 Å². The minimum atomic E-state index is -4.62. The van der Waals surface area contributed by atoms with Crippen molar-refractivity contribution in [1.29, 1.82) is 0 Å². The highest BCUT2D eigenvalue weighted by Crippen LogP contribution is 2.43. The maximum absolute atomic E-state index is 14.5. The van der Waals surface area contributed by atoms with Gasteiger partial charge in [-0.3, -0.25) is 0 Å². The summed E-state index contributed by atoms with van der Waals surface area (Å²) >= 11 is 0. The number of nitrogens with zero attached hydrogens (tertiary/aromatic N) is 3. The summed E-state index contributed by atoms with van der Waals surface area (Å²) in [5, 5.41) is 11.0. The number of anilines is 1. The molecular formula is C27H32F4N4O. The zero-order valence-corrected chi connectivity index (χ0v) is 20.2. The minimum absolute atomic E-state index is 0.0681. The molecule has 1 aromatic carbocycles. The number of rotatable bonds is 6. The highest BCUT2D eigenvalue weighted by Gasteiger charge is 2.43. The van der Waals surface area contributed by atoms with Crippen molar-refractivity contribution in [1.82, 2.24) is 15.1 Å². The fourth-order valence-corrected chi connectivity index (χ4v) is 6.41. The Morgan fingerprint density at radius 2 is 1.69 bits per heavy atom. The molecule has 2 atom stereocenters. The molecule has 9 heteroatoms. The SMILES string of the molecule is Fc1ccc(C2CC2)cc1-c1cc(C(F)(F)F)c(NC2C[C@@H]3CN(CC4CCOCC4)C[C@H]3C2)nn1. The molecule has 0 amide bonds. The van der Waals surface area contributed by atoms with E-state index >= 15 is 0 Å². The Morgan fingerprint density at radius 1 is 0.972 bits per heavy atom. The highest BCUT2D eigenvalue weighted by atomic mass is 19.4. The molecule has 2 saturated carbocycles. The molecule has 4 aliphatic rings. The number of benzene rings is 1. The van der Waals surface area contributed by atoms with E-state index in [1.807, 2.05) is 0 Å². The first-order chi connectivity index (χ1) is 17.3. The van der Waals surface area contributed by atoms with Crippen molar-refractivity contribution in [3.8, 4) is 11.3 Å². The van der Waals surface area contributed by atoms with Gasteiger partial charge in [0.2, 0.25) is 0 Å². The van der Waals surface area contributed by atoms with E-state index in [0.717, 1.165) is 83.0 Å². The average Bonchev–Trinajstić information content (AvgIpc) is 3.54. The average molecular weight is 505 g/mol. The third kappa shape index (κ3) is 5.09. The normalized spacial score (nSPS) is 25.9. The predicted molar refractivity (Wildman–Crippen MR) is 128 cm³/mol. The van der Waals surface area contributed by atoms with Gasteiger partial charge in [0.1, 0.15) is 11.4 Å². The number of alkyl halides is 3. The number of ether oxygens (including phenoxy) is 1. The molecule has 36 heavy (non-hydrogen) atoms. The number of aromatic nitrogens is 2. The third-order valence-electron chi connectivity index (χ3n) is 8.44. The number of likely N-dealkylation sites (tertiary alicyclic amines) is 1. The summed E-state index contributed by atoms with van der Waals surface area (Å²) in [5.74, 6) is 1.18. The molecule has 6 rings (SSSR count). The van der Waals surface area contributed by atoms with Crippen LogP contribution in [0.3, 0.4) is 0 Å². The highest BCUT2D eigenvalue weighted by molar-refractivity contribution is 5.64. The van der Waals surface area contributed by atoms with Crippen molar-refractivity contribution in [2.45, 2.75) is 56.7 Å². The van der Waals surface area contributed by atoms with Gasteiger partial charge in [0.15, 0.2) is 5.82 Å². The molecule has 2 aromatic rings. The van der Waals surface area contributed by atoms with Crippen LogP contribution < -0.4 is 5.32 Å². The van der Waals surface area contributed by atoms with E-state index in [1.54, 1.807) is 12.1 Å².